The molecule has 176 valence electrons. The van der Waals surface area contributed by atoms with Crippen molar-refractivity contribution in [2.45, 2.75) is 24.8 Å². The second-order valence-corrected chi connectivity index (χ2v) is 9.03. The van der Waals surface area contributed by atoms with E-state index in [1.54, 1.807) is 23.1 Å². The first kappa shape index (κ1) is 23.0. The number of hydrogen-bond donors (Lipinski definition) is 1. The van der Waals surface area contributed by atoms with Crippen LogP contribution in [0.15, 0.2) is 88.5 Å². The van der Waals surface area contributed by atoms with Crippen LogP contribution in [0.3, 0.4) is 0 Å². The van der Waals surface area contributed by atoms with E-state index in [9.17, 15) is 4.79 Å². The van der Waals surface area contributed by atoms with Crippen LogP contribution in [0.4, 0.5) is 0 Å². The molecule has 0 aliphatic heterocycles. The molecule has 0 radical (unpaired) electrons. The summed E-state index contributed by atoms with van der Waals surface area (Å²) in [6, 6.07) is 19.5. The predicted molar refractivity (Wildman–Crippen MR) is 140 cm³/mol. The van der Waals surface area contributed by atoms with Gasteiger partial charge in [-0.15, -0.1) is 12.4 Å². The average molecular weight is 485 g/mol. The highest BCUT2D eigenvalue weighted by Crippen LogP contribution is 2.40. The van der Waals surface area contributed by atoms with Crippen LogP contribution in [0.5, 0.6) is 0 Å². The molecule has 0 bridgehead atoms. The lowest BCUT2D eigenvalue weighted by Gasteiger charge is -2.38. The molecule has 0 spiro atoms. The molecule has 7 heteroatoms. The van der Waals surface area contributed by atoms with Gasteiger partial charge in [0, 0.05) is 36.1 Å². The highest BCUT2D eigenvalue weighted by Gasteiger charge is 2.34. The molecule has 6 nitrogen and oxygen atoms in total. The SMILES string of the molecule is Cl.Cn1cc(-c2nccc3c(=O)c(-c4ccc(C5(N)CCC5)cc4)c(-c4ccccc4)oc23)cn1. The summed E-state index contributed by atoms with van der Waals surface area (Å²) in [5.74, 6) is 0.523. The molecule has 0 atom stereocenters. The lowest BCUT2D eigenvalue weighted by molar-refractivity contribution is 0.253. The summed E-state index contributed by atoms with van der Waals surface area (Å²) >= 11 is 0. The van der Waals surface area contributed by atoms with Crippen LogP contribution in [0, 0.1) is 0 Å². The Hall–Kier alpha value is -3.74. The van der Waals surface area contributed by atoms with Crippen LogP contribution in [0.25, 0.3) is 44.7 Å². The normalized spacial score (nSPS) is 14.3. The van der Waals surface area contributed by atoms with Crippen molar-refractivity contribution in [1.82, 2.24) is 14.8 Å². The monoisotopic (exact) mass is 484 g/mol. The van der Waals surface area contributed by atoms with Gasteiger partial charge in [-0.3, -0.25) is 14.5 Å². The van der Waals surface area contributed by atoms with Crippen molar-refractivity contribution in [3.63, 3.8) is 0 Å². The Balaban J connectivity index is 0.00000253. The van der Waals surface area contributed by atoms with Gasteiger partial charge in [0.2, 0.25) is 5.43 Å². The van der Waals surface area contributed by atoms with Crippen molar-refractivity contribution in [2.75, 3.05) is 0 Å². The molecular weight excluding hydrogens is 460 g/mol. The molecule has 2 aromatic carbocycles. The van der Waals surface area contributed by atoms with E-state index in [1.807, 2.05) is 67.8 Å². The Morgan fingerprint density at radius 2 is 1.71 bits per heavy atom. The minimum absolute atomic E-state index is 0. The Bertz CT molecular complexity index is 1570. The molecule has 6 rings (SSSR count). The van der Waals surface area contributed by atoms with Crippen LogP contribution in [-0.4, -0.2) is 14.8 Å². The fourth-order valence-corrected chi connectivity index (χ4v) is 4.74. The predicted octanol–water partition coefficient (Wildman–Crippen LogP) is 5.68. The van der Waals surface area contributed by atoms with Crippen molar-refractivity contribution >= 4 is 23.4 Å². The van der Waals surface area contributed by atoms with Gasteiger partial charge in [-0.25, -0.2) is 0 Å². The number of nitrogens with two attached hydrogens (primary N) is 1. The minimum Gasteiger partial charge on any atom is -0.453 e. The van der Waals surface area contributed by atoms with E-state index in [2.05, 4.69) is 10.1 Å². The fourth-order valence-electron chi connectivity index (χ4n) is 4.74. The van der Waals surface area contributed by atoms with Crippen molar-refractivity contribution in [3.8, 4) is 33.7 Å². The second kappa shape index (κ2) is 8.80. The largest absolute Gasteiger partial charge is 0.453 e. The standard InChI is InChI=1S/C28H24N4O2.ClH/c1-32-17-20(16-31-32)24-27-22(12-15-30-24)25(33)23(26(34-27)19-6-3-2-4-7-19)18-8-10-21(11-9-18)28(29)13-5-14-28;/h2-4,6-12,15-17H,5,13-14,29H2,1H3;1H. The van der Waals surface area contributed by atoms with Crippen molar-refractivity contribution < 1.29 is 4.42 Å². The van der Waals surface area contributed by atoms with Gasteiger partial charge in [0.1, 0.15) is 11.5 Å². The number of aromatic nitrogens is 3. The van der Waals surface area contributed by atoms with Gasteiger partial charge in [-0.2, -0.15) is 5.10 Å². The summed E-state index contributed by atoms with van der Waals surface area (Å²) in [5.41, 5.74) is 11.3. The summed E-state index contributed by atoms with van der Waals surface area (Å²) in [6.45, 7) is 0. The third-order valence-electron chi connectivity index (χ3n) is 6.82. The zero-order chi connectivity index (χ0) is 23.3. The molecule has 0 amide bonds. The fraction of sp³-hybridized carbons (Fsp3) is 0.179. The molecule has 1 aliphatic carbocycles. The van der Waals surface area contributed by atoms with Crippen LogP contribution >= 0.6 is 12.4 Å². The average Bonchev–Trinajstić information content (AvgIpc) is 3.29. The van der Waals surface area contributed by atoms with E-state index in [4.69, 9.17) is 10.2 Å². The lowest BCUT2D eigenvalue weighted by atomic mass is 9.72. The number of hydrogen-bond acceptors (Lipinski definition) is 5. The van der Waals surface area contributed by atoms with Gasteiger partial charge in [0.15, 0.2) is 5.58 Å². The zero-order valence-corrected chi connectivity index (χ0v) is 20.1. The molecule has 2 N–H and O–H groups in total. The maximum atomic E-state index is 13.9. The van der Waals surface area contributed by atoms with E-state index in [1.165, 1.54) is 0 Å². The molecule has 3 heterocycles. The van der Waals surface area contributed by atoms with Crippen LogP contribution in [0.1, 0.15) is 24.8 Å². The van der Waals surface area contributed by atoms with Crippen molar-refractivity contribution in [3.05, 3.63) is 95.0 Å². The van der Waals surface area contributed by atoms with E-state index in [-0.39, 0.29) is 23.4 Å². The lowest BCUT2D eigenvalue weighted by Crippen LogP contribution is -2.43. The number of pyridine rings is 1. The third-order valence-corrected chi connectivity index (χ3v) is 6.82. The van der Waals surface area contributed by atoms with Crippen molar-refractivity contribution in [1.29, 1.82) is 0 Å². The number of rotatable bonds is 4. The molecule has 1 aliphatic rings. The Kier molecular flexibility index (Phi) is 5.79. The topological polar surface area (TPSA) is 86.9 Å². The van der Waals surface area contributed by atoms with Crippen LogP contribution in [0.2, 0.25) is 0 Å². The number of benzene rings is 2. The van der Waals surface area contributed by atoms with E-state index in [0.29, 0.717) is 28.0 Å². The van der Waals surface area contributed by atoms with E-state index < -0.39 is 0 Å². The van der Waals surface area contributed by atoms with E-state index >= 15 is 0 Å². The molecular formula is C28H25ClN4O2. The highest BCUT2D eigenvalue weighted by molar-refractivity contribution is 5.95. The van der Waals surface area contributed by atoms with E-state index in [0.717, 1.165) is 41.5 Å². The summed E-state index contributed by atoms with van der Waals surface area (Å²) in [6.07, 6.45) is 8.36. The number of fused-ring (bicyclic) bond motifs is 1. The molecule has 5 aromatic rings. The van der Waals surface area contributed by atoms with Gasteiger partial charge in [0.05, 0.1) is 17.1 Å². The summed E-state index contributed by atoms with van der Waals surface area (Å²) in [7, 11) is 1.84. The smallest absolute Gasteiger partial charge is 0.201 e. The van der Waals surface area contributed by atoms with Gasteiger partial charge in [-0.05, 0) is 36.5 Å². The van der Waals surface area contributed by atoms with Gasteiger partial charge >= 0.3 is 0 Å². The second-order valence-electron chi connectivity index (χ2n) is 9.03. The summed E-state index contributed by atoms with van der Waals surface area (Å²) < 4.78 is 8.22. The van der Waals surface area contributed by atoms with Crippen molar-refractivity contribution in [2.24, 2.45) is 12.8 Å². The summed E-state index contributed by atoms with van der Waals surface area (Å²) in [4.78, 5) is 18.5. The molecule has 35 heavy (non-hydrogen) atoms. The third kappa shape index (κ3) is 3.85. The van der Waals surface area contributed by atoms with Crippen LogP contribution in [-0.2, 0) is 12.6 Å². The number of halogens is 1. The molecule has 0 saturated heterocycles. The quantitative estimate of drug-likeness (QED) is 0.354. The number of aryl methyl sites for hydroxylation is 1. The molecule has 1 saturated carbocycles. The van der Waals surface area contributed by atoms with Gasteiger partial charge < -0.3 is 10.2 Å². The zero-order valence-electron chi connectivity index (χ0n) is 19.3. The first-order chi connectivity index (χ1) is 16.5. The number of nitrogens with zero attached hydrogens (tertiary/aromatic N) is 3. The Morgan fingerprint density at radius 1 is 0.971 bits per heavy atom. The first-order valence-corrected chi connectivity index (χ1v) is 11.4. The van der Waals surface area contributed by atoms with Gasteiger partial charge in [0.25, 0.3) is 0 Å². The van der Waals surface area contributed by atoms with Crippen LogP contribution < -0.4 is 11.2 Å². The summed E-state index contributed by atoms with van der Waals surface area (Å²) in [5, 5.41) is 4.74. The molecule has 0 unspecified atom stereocenters. The first-order valence-electron chi connectivity index (χ1n) is 11.4. The molecule has 1 fully saturated rings. The maximum Gasteiger partial charge on any atom is 0.201 e. The minimum atomic E-state index is -0.251. The Labute approximate surface area is 208 Å². The maximum absolute atomic E-state index is 13.9. The highest BCUT2D eigenvalue weighted by atomic mass is 35.5. The molecule has 3 aromatic heterocycles. The van der Waals surface area contributed by atoms with Gasteiger partial charge in [-0.1, -0.05) is 54.6 Å². The Morgan fingerprint density at radius 3 is 2.34 bits per heavy atom.